The van der Waals surface area contributed by atoms with Gasteiger partial charge in [-0.1, -0.05) is 13.3 Å². The highest BCUT2D eigenvalue weighted by atomic mass is 16.5. The molecule has 1 heterocycles. The van der Waals surface area contributed by atoms with Crippen LogP contribution in [0.2, 0.25) is 0 Å². The second-order valence-corrected chi connectivity index (χ2v) is 4.64. The van der Waals surface area contributed by atoms with E-state index in [-0.39, 0.29) is 5.91 Å². The Labute approximate surface area is 92.8 Å². The van der Waals surface area contributed by atoms with Gasteiger partial charge in [-0.3, -0.25) is 4.79 Å². The van der Waals surface area contributed by atoms with E-state index in [0.717, 1.165) is 26.2 Å². The fourth-order valence-electron chi connectivity index (χ4n) is 1.92. The molecule has 3 nitrogen and oxygen atoms in total. The third-order valence-corrected chi connectivity index (χ3v) is 2.86. The topological polar surface area (TPSA) is 29.5 Å². The number of hydrogen-bond donors (Lipinski definition) is 0. The van der Waals surface area contributed by atoms with E-state index in [1.807, 2.05) is 4.90 Å². The van der Waals surface area contributed by atoms with Crippen LogP contribution in [0.1, 0.15) is 40.0 Å². The van der Waals surface area contributed by atoms with E-state index in [1.54, 1.807) is 0 Å². The number of carbonyl (C=O) groups excluding carboxylic acids is 1. The summed E-state index contributed by atoms with van der Waals surface area (Å²) in [6.45, 7) is 8.75. The number of unbranched alkanes of at least 4 members (excludes halogenated alkanes) is 1. The minimum Gasteiger partial charge on any atom is -0.381 e. The molecule has 0 bridgehead atoms. The Hall–Kier alpha value is -0.570. The molecule has 1 atom stereocenters. The highest BCUT2D eigenvalue weighted by Gasteiger charge is 2.30. The van der Waals surface area contributed by atoms with Crippen LogP contribution >= 0.6 is 0 Å². The average molecular weight is 213 g/mol. The van der Waals surface area contributed by atoms with Crippen LogP contribution in [0, 0.1) is 5.92 Å². The van der Waals surface area contributed by atoms with Gasteiger partial charge in [0.05, 0.1) is 6.61 Å². The van der Waals surface area contributed by atoms with E-state index in [9.17, 15) is 4.79 Å². The van der Waals surface area contributed by atoms with Crippen molar-refractivity contribution in [2.24, 2.45) is 5.92 Å². The Kier molecular flexibility index (Phi) is 5.09. The Bertz CT molecular complexity index is 204. The largest absolute Gasteiger partial charge is 0.381 e. The van der Waals surface area contributed by atoms with Gasteiger partial charge in [-0.05, 0) is 20.3 Å². The third kappa shape index (κ3) is 3.82. The average Bonchev–Trinajstić information content (AvgIpc) is 2.55. The van der Waals surface area contributed by atoms with Gasteiger partial charge in [0.1, 0.15) is 0 Å². The van der Waals surface area contributed by atoms with Gasteiger partial charge in [0.2, 0.25) is 5.91 Å². The van der Waals surface area contributed by atoms with Gasteiger partial charge >= 0.3 is 0 Å². The molecule has 0 aromatic heterocycles. The zero-order valence-electron chi connectivity index (χ0n) is 10.2. The summed E-state index contributed by atoms with van der Waals surface area (Å²) in [5, 5.41) is 0. The zero-order chi connectivity index (χ0) is 11.3. The molecule has 1 rings (SSSR count). The first-order chi connectivity index (χ1) is 7.15. The summed E-state index contributed by atoms with van der Waals surface area (Å²) in [7, 11) is 0. The normalized spacial score (nSPS) is 21.7. The second kappa shape index (κ2) is 6.11. The van der Waals surface area contributed by atoms with Crippen molar-refractivity contribution in [3.05, 3.63) is 0 Å². The molecule has 0 aromatic carbocycles. The maximum absolute atomic E-state index is 11.6. The highest BCUT2D eigenvalue weighted by molar-refractivity contribution is 5.78. The van der Waals surface area contributed by atoms with E-state index in [2.05, 4.69) is 20.8 Å². The van der Waals surface area contributed by atoms with Gasteiger partial charge in [-0.2, -0.15) is 0 Å². The van der Waals surface area contributed by atoms with Crippen molar-refractivity contribution in [3.8, 4) is 0 Å². The second-order valence-electron chi connectivity index (χ2n) is 4.64. The van der Waals surface area contributed by atoms with E-state index in [1.165, 1.54) is 6.42 Å². The minimum atomic E-state index is 0.286. The van der Waals surface area contributed by atoms with Gasteiger partial charge in [-0.15, -0.1) is 0 Å². The molecule has 0 spiro atoms. The van der Waals surface area contributed by atoms with Crippen LogP contribution in [0.25, 0.3) is 0 Å². The van der Waals surface area contributed by atoms with Crippen molar-refractivity contribution in [2.45, 2.75) is 46.1 Å². The molecule has 1 unspecified atom stereocenters. The molecule has 1 aliphatic rings. The van der Waals surface area contributed by atoms with Crippen LogP contribution in [-0.4, -0.2) is 36.6 Å². The fourth-order valence-corrected chi connectivity index (χ4v) is 1.92. The van der Waals surface area contributed by atoms with Crippen molar-refractivity contribution in [1.29, 1.82) is 0 Å². The van der Waals surface area contributed by atoms with Crippen LogP contribution in [-0.2, 0) is 9.53 Å². The maximum atomic E-state index is 11.6. The van der Waals surface area contributed by atoms with Gasteiger partial charge in [-0.25, -0.2) is 0 Å². The number of ether oxygens (including phenoxy) is 1. The quantitative estimate of drug-likeness (QED) is 0.632. The standard InChI is InChI=1S/C12H23NO2/c1-4-5-6-15-9-11-7-12(14)13(8-11)10(2)3/h10-11H,4-9H2,1-3H3. The fraction of sp³-hybridized carbons (Fsp3) is 0.917. The zero-order valence-corrected chi connectivity index (χ0v) is 10.2. The van der Waals surface area contributed by atoms with Crippen molar-refractivity contribution in [3.63, 3.8) is 0 Å². The van der Waals surface area contributed by atoms with Crippen LogP contribution in [0.4, 0.5) is 0 Å². The number of amides is 1. The molecule has 1 amide bonds. The molecule has 3 heteroatoms. The monoisotopic (exact) mass is 213 g/mol. The lowest BCUT2D eigenvalue weighted by molar-refractivity contribution is -0.129. The summed E-state index contributed by atoms with van der Waals surface area (Å²) < 4.78 is 5.56. The maximum Gasteiger partial charge on any atom is 0.223 e. The van der Waals surface area contributed by atoms with Crippen LogP contribution < -0.4 is 0 Å². The number of nitrogens with zero attached hydrogens (tertiary/aromatic N) is 1. The molecule has 15 heavy (non-hydrogen) atoms. The van der Waals surface area contributed by atoms with Crippen molar-refractivity contribution < 1.29 is 9.53 Å². The lowest BCUT2D eigenvalue weighted by Gasteiger charge is -2.20. The van der Waals surface area contributed by atoms with Crippen molar-refractivity contribution in [2.75, 3.05) is 19.8 Å². The summed E-state index contributed by atoms with van der Waals surface area (Å²) in [5.74, 6) is 0.700. The molecule has 1 saturated heterocycles. The molecular weight excluding hydrogens is 190 g/mol. The van der Waals surface area contributed by atoms with Crippen LogP contribution in [0.3, 0.4) is 0 Å². The summed E-state index contributed by atoms with van der Waals surface area (Å²) >= 11 is 0. The first kappa shape index (κ1) is 12.5. The summed E-state index contributed by atoms with van der Waals surface area (Å²) in [6.07, 6.45) is 2.96. The third-order valence-electron chi connectivity index (χ3n) is 2.86. The number of hydrogen-bond acceptors (Lipinski definition) is 2. The molecule has 1 fully saturated rings. The van der Waals surface area contributed by atoms with Gasteiger partial charge in [0, 0.05) is 31.5 Å². The number of likely N-dealkylation sites (tertiary alicyclic amines) is 1. The van der Waals surface area contributed by atoms with Crippen molar-refractivity contribution in [1.82, 2.24) is 4.90 Å². The predicted molar refractivity (Wildman–Crippen MR) is 60.7 cm³/mol. The lowest BCUT2D eigenvalue weighted by atomic mass is 10.1. The molecule has 0 radical (unpaired) electrons. The summed E-state index contributed by atoms with van der Waals surface area (Å²) in [6, 6.07) is 0.332. The smallest absolute Gasteiger partial charge is 0.223 e. The molecule has 1 aliphatic heterocycles. The Morgan fingerprint density at radius 3 is 2.80 bits per heavy atom. The van der Waals surface area contributed by atoms with E-state index in [4.69, 9.17) is 4.74 Å². The SMILES string of the molecule is CCCCOCC1CC(=O)N(C(C)C)C1. The van der Waals surface area contributed by atoms with E-state index < -0.39 is 0 Å². The van der Waals surface area contributed by atoms with Gasteiger partial charge in [0.15, 0.2) is 0 Å². The van der Waals surface area contributed by atoms with E-state index >= 15 is 0 Å². The summed E-state index contributed by atoms with van der Waals surface area (Å²) in [5.41, 5.74) is 0. The number of rotatable bonds is 6. The Balaban J connectivity index is 2.20. The van der Waals surface area contributed by atoms with Gasteiger partial charge < -0.3 is 9.64 Å². The Morgan fingerprint density at radius 1 is 1.53 bits per heavy atom. The minimum absolute atomic E-state index is 0.286. The molecule has 0 aliphatic carbocycles. The molecule has 0 aromatic rings. The number of carbonyl (C=O) groups is 1. The lowest BCUT2D eigenvalue weighted by Crippen LogP contribution is -2.32. The van der Waals surface area contributed by atoms with Gasteiger partial charge in [0.25, 0.3) is 0 Å². The molecular formula is C12H23NO2. The molecule has 0 N–H and O–H groups in total. The predicted octanol–water partition coefficient (Wildman–Crippen LogP) is 2.06. The first-order valence-electron chi connectivity index (χ1n) is 6.02. The molecule has 0 saturated carbocycles. The van der Waals surface area contributed by atoms with Crippen LogP contribution in [0.15, 0.2) is 0 Å². The first-order valence-corrected chi connectivity index (χ1v) is 6.02. The molecule has 88 valence electrons. The van der Waals surface area contributed by atoms with Crippen molar-refractivity contribution >= 4 is 5.91 Å². The van der Waals surface area contributed by atoms with E-state index in [0.29, 0.717) is 18.4 Å². The highest BCUT2D eigenvalue weighted by Crippen LogP contribution is 2.20. The van der Waals surface area contributed by atoms with Crippen LogP contribution in [0.5, 0.6) is 0 Å². The Morgan fingerprint density at radius 2 is 2.27 bits per heavy atom. The summed E-state index contributed by atoms with van der Waals surface area (Å²) in [4.78, 5) is 13.5.